The Balaban J connectivity index is 1.68. The predicted octanol–water partition coefficient (Wildman–Crippen LogP) is 3.18. The number of hydrogen-bond acceptors (Lipinski definition) is 4. The van der Waals surface area contributed by atoms with E-state index < -0.39 is 6.09 Å². The summed E-state index contributed by atoms with van der Waals surface area (Å²) < 4.78 is 5.11. The number of fused-ring (bicyclic) bond motifs is 1. The van der Waals surface area contributed by atoms with Crippen LogP contribution in [0.5, 0.6) is 0 Å². The minimum atomic E-state index is -0.610. The normalized spacial score (nSPS) is 10.1. The highest BCUT2D eigenvalue weighted by Crippen LogP contribution is 2.18. The van der Waals surface area contributed by atoms with Crippen LogP contribution in [0.4, 0.5) is 10.7 Å². The highest BCUT2D eigenvalue weighted by molar-refractivity contribution is 5.88. The molecule has 0 radical (unpaired) electrons. The quantitative estimate of drug-likeness (QED) is 0.775. The van der Waals surface area contributed by atoms with E-state index in [1.54, 1.807) is 18.2 Å². The zero-order valence-corrected chi connectivity index (χ0v) is 11.5. The van der Waals surface area contributed by atoms with Gasteiger partial charge < -0.3 is 9.72 Å². The smallest absolute Gasteiger partial charge is 0.414 e. The summed E-state index contributed by atoms with van der Waals surface area (Å²) in [6, 6.07) is 16.6. The number of benzene rings is 2. The van der Waals surface area contributed by atoms with E-state index in [-0.39, 0.29) is 12.6 Å². The molecule has 0 fully saturated rings. The van der Waals surface area contributed by atoms with Crippen molar-refractivity contribution >= 4 is 23.1 Å². The van der Waals surface area contributed by atoms with Crippen molar-refractivity contribution in [3.63, 3.8) is 0 Å². The first-order valence-corrected chi connectivity index (χ1v) is 6.63. The predicted molar refractivity (Wildman–Crippen MR) is 81.1 cm³/mol. The molecular formula is C16H12N4O2. The van der Waals surface area contributed by atoms with E-state index in [0.717, 1.165) is 5.56 Å². The first-order valence-electron chi connectivity index (χ1n) is 6.63. The molecule has 1 heterocycles. The molecule has 0 bridgehead atoms. The molecule has 1 amide bonds. The van der Waals surface area contributed by atoms with Crippen molar-refractivity contribution in [1.29, 1.82) is 5.26 Å². The Morgan fingerprint density at radius 3 is 2.82 bits per heavy atom. The molecule has 0 aliphatic heterocycles. The summed E-state index contributed by atoms with van der Waals surface area (Å²) in [5.74, 6) is 0.246. The van der Waals surface area contributed by atoms with Gasteiger partial charge in [-0.1, -0.05) is 36.4 Å². The number of aromatic nitrogens is 2. The maximum atomic E-state index is 11.8. The Morgan fingerprint density at radius 1 is 1.23 bits per heavy atom. The van der Waals surface area contributed by atoms with Crippen LogP contribution in [0.3, 0.4) is 0 Å². The number of nitrogens with one attached hydrogen (secondary N) is 2. The maximum absolute atomic E-state index is 11.8. The number of H-pyrrole nitrogens is 1. The highest BCUT2D eigenvalue weighted by atomic mass is 16.5. The molecule has 6 nitrogen and oxygen atoms in total. The Hall–Kier alpha value is -3.33. The summed E-state index contributed by atoms with van der Waals surface area (Å²) in [5, 5.41) is 11.5. The Morgan fingerprint density at radius 2 is 2.05 bits per heavy atom. The number of hydrogen-bond donors (Lipinski definition) is 2. The van der Waals surface area contributed by atoms with E-state index in [1.807, 2.05) is 30.3 Å². The van der Waals surface area contributed by atoms with Crippen LogP contribution in [0, 0.1) is 11.3 Å². The molecule has 0 spiro atoms. The highest BCUT2D eigenvalue weighted by Gasteiger charge is 2.10. The average molecular weight is 292 g/mol. The SMILES string of the molecule is N#Cc1cccc2[nH]c(NC(=O)OCc3ccccc3)nc12. The van der Waals surface area contributed by atoms with Crippen LogP contribution >= 0.6 is 0 Å². The molecular weight excluding hydrogens is 280 g/mol. The third kappa shape index (κ3) is 2.88. The number of para-hydroxylation sites is 1. The molecule has 2 N–H and O–H groups in total. The van der Waals surface area contributed by atoms with Crippen molar-refractivity contribution in [1.82, 2.24) is 9.97 Å². The molecule has 0 aliphatic rings. The van der Waals surface area contributed by atoms with Crippen LogP contribution in [-0.4, -0.2) is 16.1 Å². The summed E-state index contributed by atoms with van der Waals surface area (Å²) in [6.07, 6.45) is -0.610. The third-order valence-electron chi connectivity index (χ3n) is 3.07. The van der Waals surface area contributed by atoms with Crippen molar-refractivity contribution in [2.45, 2.75) is 6.61 Å². The lowest BCUT2D eigenvalue weighted by Gasteiger charge is -2.04. The van der Waals surface area contributed by atoms with Crippen LogP contribution in [-0.2, 0) is 11.3 Å². The van der Waals surface area contributed by atoms with Crippen LogP contribution in [0.25, 0.3) is 11.0 Å². The standard InChI is InChI=1S/C16H12N4O2/c17-9-12-7-4-8-13-14(12)19-15(18-13)20-16(21)22-10-11-5-2-1-3-6-11/h1-8H,10H2,(H2,18,19,20,21). The van der Waals surface area contributed by atoms with Gasteiger partial charge in [-0.2, -0.15) is 5.26 Å². The fourth-order valence-corrected chi connectivity index (χ4v) is 2.04. The van der Waals surface area contributed by atoms with Gasteiger partial charge in [-0.05, 0) is 17.7 Å². The van der Waals surface area contributed by atoms with Crippen LogP contribution in [0.15, 0.2) is 48.5 Å². The first kappa shape index (κ1) is 13.6. The van der Waals surface area contributed by atoms with Gasteiger partial charge in [0, 0.05) is 0 Å². The van der Waals surface area contributed by atoms with E-state index in [0.29, 0.717) is 16.6 Å². The molecule has 3 aromatic rings. The Kier molecular flexibility index (Phi) is 3.70. The molecule has 22 heavy (non-hydrogen) atoms. The second kappa shape index (κ2) is 5.97. The number of anilines is 1. The van der Waals surface area contributed by atoms with Crippen molar-refractivity contribution in [2.75, 3.05) is 5.32 Å². The lowest BCUT2D eigenvalue weighted by Crippen LogP contribution is -2.14. The second-order valence-corrected chi connectivity index (χ2v) is 4.59. The molecule has 0 aliphatic carbocycles. The summed E-state index contributed by atoms with van der Waals surface area (Å²) in [6.45, 7) is 0.177. The molecule has 0 unspecified atom stereocenters. The van der Waals surface area contributed by atoms with Crippen molar-refractivity contribution in [3.05, 3.63) is 59.7 Å². The minimum Gasteiger partial charge on any atom is -0.444 e. The van der Waals surface area contributed by atoms with Gasteiger partial charge in [-0.3, -0.25) is 5.32 Å². The van der Waals surface area contributed by atoms with Gasteiger partial charge in [0.1, 0.15) is 18.2 Å². The van der Waals surface area contributed by atoms with E-state index in [4.69, 9.17) is 10.00 Å². The van der Waals surface area contributed by atoms with E-state index in [2.05, 4.69) is 21.4 Å². The zero-order valence-electron chi connectivity index (χ0n) is 11.5. The molecule has 1 aromatic heterocycles. The van der Waals surface area contributed by atoms with Gasteiger partial charge in [-0.25, -0.2) is 9.78 Å². The largest absolute Gasteiger partial charge is 0.444 e. The summed E-state index contributed by atoms with van der Waals surface area (Å²) in [5.41, 5.74) is 2.54. The van der Waals surface area contributed by atoms with Crippen LogP contribution in [0.1, 0.15) is 11.1 Å². The zero-order chi connectivity index (χ0) is 15.4. The third-order valence-corrected chi connectivity index (χ3v) is 3.07. The van der Waals surface area contributed by atoms with Crippen molar-refractivity contribution in [3.8, 4) is 6.07 Å². The number of imidazole rings is 1. The topological polar surface area (TPSA) is 90.8 Å². The van der Waals surface area contributed by atoms with Crippen molar-refractivity contribution in [2.24, 2.45) is 0 Å². The van der Waals surface area contributed by atoms with E-state index in [1.165, 1.54) is 0 Å². The number of ether oxygens (including phenoxy) is 1. The monoisotopic (exact) mass is 292 g/mol. The molecule has 0 atom stereocenters. The Bertz CT molecular complexity index is 849. The number of nitrogens with zero attached hydrogens (tertiary/aromatic N) is 2. The minimum absolute atomic E-state index is 0.177. The maximum Gasteiger partial charge on any atom is 0.414 e. The van der Waals surface area contributed by atoms with Crippen molar-refractivity contribution < 1.29 is 9.53 Å². The van der Waals surface area contributed by atoms with Gasteiger partial charge in [0.2, 0.25) is 5.95 Å². The number of carbonyl (C=O) groups is 1. The Labute approximate surface area is 126 Å². The molecule has 0 saturated carbocycles. The average Bonchev–Trinajstić information content (AvgIpc) is 2.96. The van der Waals surface area contributed by atoms with Gasteiger partial charge in [0.05, 0.1) is 11.1 Å². The lowest BCUT2D eigenvalue weighted by molar-refractivity contribution is 0.155. The number of carbonyl (C=O) groups excluding carboxylic acids is 1. The van der Waals surface area contributed by atoms with Gasteiger partial charge >= 0.3 is 6.09 Å². The summed E-state index contributed by atoms with van der Waals surface area (Å²) in [7, 11) is 0. The first-order chi connectivity index (χ1) is 10.8. The molecule has 6 heteroatoms. The number of nitriles is 1. The number of aromatic amines is 1. The van der Waals surface area contributed by atoms with E-state index in [9.17, 15) is 4.79 Å². The lowest BCUT2D eigenvalue weighted by atomic mass is 10.2. The van der Waals surface area contributed by atoms with Gasteiger partial charge in [-0.15, -0.1) is 0 Å². The molecule has 0 saturated heterocycles. The number of rotatable bonds is 3. The van der Waals surface area contributed by atoms with Crippen LogP contribution in [0.2, 0.25) is 0 Å². The summed E-state index contributed by atoms with van der Waals surface area (Å²) >= 11 is 0. The fraction of sp³-hybridized carbons (Fsp3) is 0.0625. The van der Waals surface area contributed by atoms with Crippen LogP contribution < -0.4 is 5.32 Å². The van der Waals surface area contributed by atoms with Gasteiger partial charge in [0.15, 0.2) is 0 Å². The molecule has 2 aromatic carbocycles. The molecule has 3 rings (SSSR count). The second-order valence-electron chi connectivity index (χ2n) is 4.59. The van der Waals surface area contributed by atoms with Gasteiger partial charge in [0.25, 0.3) is 0 Å². The molecule has 108 valence electrons. The number of amides is 1. The summed E-state index contributed by atoms with van der Waals surface area (Å²) in [4.78, 5) is 18.9. The fourth-order valence-electron chi connectivity index (χ4n) is 2.04. The van der Waals surface area contributed by atoms with E-state index >= 15 is 0 Å².